The van der Waals surface area contributed by atoms with Crippen LogP contribution in [-0.2, 0) is 6.18 Å². The zero-order valence-corrected chi connectivity index (χ0v) is 18.0. The van der Waals surface area contributed by atoms with E-state index in [0.29, 0.717) is 0 Å². The van der Waals surface area contributed by atoms with Crippen LogP contribution in [0.25, 0.3) is 0 Å². The van der Waals surface area contributed by atoms with Crippen LogP contribution in [0.15, 0.2) is 18.2 Å². The first-order valence-corrected chi connectivity index (χ1v) is 10.2. The fraction of sp³-hybridized carbons (Fsp3) is 0.650. The number of unbranched alkanes of at least 4 members (excludes halogenated alkanes) is 1. The van der Waals surface area contributed by atoms with Crippen molar-refractivity contribution in [3.05, 3.63) is 29.3 Å². The largest absolute Gasteiger partial charge is 0.416 e. The summed E-state index contributed by atoms with van der Waals surface area (Å²) in [5.41, 5.74) is -0.566. The molecule has 1 heterocycles. The molecule has 10 heteroatoms. The Hall–Kier alpha value is -1.88. The molecule has 1 saturated heterocycles. The Kier molecular flexibility index (Phi) is 8.90. The minimum Gasteiger partial charge on any atom is -0.310 e. The van der Waals surface area contributed by atoms with E-state index in [4.69, 9.17) is 0 Å². The fourth-order valence-corrected chi connectivity index (χ4v) is 3.38. The highest BCUT2D eigenvalue weighted by Gasteiger charge is 2.32. The number of hydrogen-bond donors (Lipinski definition) is 5. The summed E-state index contributed by atoms with van der Waals surface area (Å²) in [6, 6.07) is 3.31. The average Bonchev–Trinajstić information content (AvgIpc) is 2.61. The van der Waals surface area contributed by atoms with Gasteiger partial charge in [0, 0.05) is 11.7 Å². The summed E-state index contributed by atoms with van der Waals surface area (Å²) in [7, 11) is 4.09. The number of nitrogens with zero attached hydrogens (tertiary/aromatic N) is 1. The maximum atomic E-state index is 13.1. The molecule has 0 aromatic heterocycles. The number of carbonyl (C=O) groups excluding carboxylic acids is 1. The molecule has 0 bridgehead atoms. The number of amides is 2. The van der Waals surface area contributed by atoms with Gasteiger partial charge in [0.25, 0.3) is 0 Å². The molecule has 170 valence electrons. The number of benzene rings is 1. The van der Waals surface area contributed by atoms with Crippen molar-refractivity contribution >= 4 is 11.7 Å². The molecule has 0 saturated carbocycles. The lowest BCUT2D eigenvalue weighted by Gasteiger charge is -2.37. The van der Waals surface area contributed by atoms with Crippen LogP contribution in [0.1, 0.15) is 37.3 Å². The Labute approximate surface area is 176 Å². The van der Waals surface area contributed by atoms with Gasteiger partial charge in [0.1, 0.15) is 6.29 Å². The maximum Gasteiger partial charge on any atom is 0.416 e. The summed E-state index contributed by atoms with van der Waals surface area (Å²) < 4.78 is 39.2. The van der Waals surface area contributed by atoms with Crippen LogP contribution < -0.4 is 26.6 Å². The lowest BCUT2D eigenvalue weighted by atomic mass is 10.1. The van der Waals surface area contributed by atoms with Crippen molar-refractivity contribution in [1.29, 1.82) is 0 Å². The summed E-state index contributed by atoms with van der Waals surface area (Å²) in [5, 5.41) is 15.1. The van der Waals surface area contributed by atoms with Crippen molar-refractivity contribution in [2.24, 2.45) is 0 Å². The van der Waals surface area contributed by atoms with Crippen molar-refractivity contribution in [3.8, 4) is 0 Å². The molecule has 1 aliphatic heterocycles. The van der Waals surface area contributed by atoms with Gasteiger partial charge in [-0.3, -0.25) is 10.6 Å². The normalized spacial score (nSPS) is 22.2. The topological polar surface area (TPSA) is 80.5 Å². The van der Waals surface area contributed by atoms with Crippen molar-refractivity contribution in [3.63, 3.8) is 0 Å². The fourth-order valence-electron chi connectivity index (χ4n) is 3.38. The van der Waals surface area contributed by atoms with Gasteiger partial charge < -0.3 is 20.9 Å². The number of nitrogens with one attached hydrogen (secondary N) is 5. The van der Waals surface area contributed by atoms with E-state index >= 15 is 0 Å². The molecule has 7 nitrogen and oxygen atoms in total. The predicted octanol–water partition coefficient (Wildman–Crippen LogP) is 2.65. The van der Waals surface area contributed by atoms with E-state index < -0.39 is 24.1 Å². The SMILES string of the molecule is Cc1ccc(NC(=O)NC2NC(C)CC(NCCCCN(C)C)N2)cc1C(F)(F)F. The molecule has 3 atom stereocenters. The highest BCUT2D eigenvalue weighted by molar-refractivity contribution is 5.89. The molecule has 0 aliphatic carbocycles. The second kappa shape index (κ2) is 10.9. The third-order valence-corrected chi connectivity index (χ3v) is 4.91. The summed E-state index contributed by atoms with van der Waals surface area (Å²) >= 11 is 0. The van der Waals surface area contributed by atoms with Crippen LogP contribution in [0.2, 0.25) is 0 Å². The Morgan fingerprint density at radius 1 is 1.23 bits per heavy atom. The van der Waals surface area contributed by atoms with E-state index in [-0.39, 0.29) is 23.5 Å². The molecule has 1 aromatic carbocycles. The number of urea groups is 1. The van der Waals surface area contributed by atoms with Gasteiger partial charge in [-0.05, 0) is 78.0 Å². The number of halogens is 3. The molecule has 30 heavy (non-hydrogen) atoms. The smallest absolute Gasteiger partial charge is 0.310 e. The zero-order valence-electron chi connectivity index (χ0n) is 18.0. The van der Waals surface area contributed by atoms with E-state index in [0.717, 1.165) is 38.4 Å². The molecule has 1 aromatic rings. The van der Waals surface area contributed by atoms with Gasteiger partial charge in [-0.15, -0.1) is 0 Å². The third kappa shape index (κ3) is 8.10. The summed E-state index contributed by atoms with van der Waals surface area (Å²) in [5.74, 6) is 0. The lowest BCUT2D eigenvalue weighted by Crippen LogP contribution is -2.67. The van der Waals surface area contributed by atoms with Crippen LogP contribution >= 0.6 is 0 Å². The number of rotatable bonds is 8. The molecule has 1 aliphatic rings. The number of hydrogen-bond acceptors (Lipinski definition) is 5. The van der Waals surface area contributed by atoms with E-state index in [2.05, 4.69) is 31.5 Å². The van der Waals surface area contributed by atoms with Crippen molar-refractivity contribution in [2.45, 2.75) is 57.8 Å². The molecule has 0 radical (unpaired) electrons. The standard InChI is InChI=1S/C20H33F3N6O/c1-13-7-8-15(12-16(13)20(21,22)23)26-19(30)28-18-25-14(2)11-17(27-18)24-9-5-6-10-29(3)4/h7-8,12,14,17-18,24-25,27H,5-6,9-11H2,1-4H3,(H2,26,28,30). The third-order valence-electron chi connectivity index (χ3n) is 4.91. The van der Waals surface area contributed by atoms with Crippen LogP contribution in [0.3, 0.4) is 0 Å². The van der Waals surface area contributed by atoms with Crippen molar-refractivity contribution < 1.29 is 18.0 Å². The molecule has 1 fully saturated rings. The number of anilines is 1. The molecular formula is C20H33F3N6O. The zero-order chi connectivity index (χ0) is 22.3. The number of alkyl halides is 3. The van der Waals surface area contributed by atoms with Crippen molar-refractivity contribution in [2.75, 3.05) is 32.5 Å². The van der Waals surface area contributed by atoms with E-state index in [1.54, 1.807) is 0 Å². The van der Waals surface area contributed by atoms with E-state index in [9.17, 15) is 18.0 Å². The van der Waals surface area contributed by atoms with Crippen LogP contribution in [0.4, 0.5) is 23.7 Å². The van der Waals surface area contributed by atoms with Gasteiger partial charge in [0.15, 0.2) is 0 Å². The molecule has 2 amide bonds. The molecule has 5 N–H and O–H groups in total. The summed E-state index contributed by atoms with van der Waals surface area (Å²) in [6.07, 6.45) is -1.94. The number of aryl methyl sites for hydroxylation is 1. The molecular weight excluding hydrogens is 397 g/mol. The second-order valence-corrected chi connectivity index (χ2v) is 8.05. The Balaban J connectivity index is 1.84. The minimum atomic E-state index is -4.47. The molecule has 3 unspecified atom stereocenters. The summed E-state index contributed by atoms with van der Waals surface area (Å²) in [4.78, 5) is 14.4. The monoisotopic (exact) mass is 430 g/mol. The maximum absolute atomic E-state index is 13.1. The van der Waals surface area contributed by atoms with Gasteiger partial charge in [-0.1, -0.05) is 6.07 Å². The highest BCUT2D eigenvalue weighted by Crippen LogP contribution is 2.33. The second-order valence-electron chi connectivity index (χ2n) is 8.05. The van der Waals surface area contributed by atoms with Crippen LogP contribution in [0, 0.1) is 6.92 Å². The van der Waals surface area contributed by atoms with Gasteiger partial charge in [0.2, 0.25) is 0 Å². The average molecular weight is 431 g/mol. The highest BCUT2D eigenvalue weighted by atomic mass is 19.4. The minimum absolute atomic E-state index is 0.0297. The van der Waals surface area contributed by atoms with Crippen LogP contribution in [0.5, 0.6) is 0 Å². The van der Waals surface area contributed by atoms with E-state index in [1.165, 1.54) is 19.1 Å². The van der Waals surface area contributed by atoms with Crippen molar-refractivity contribution in [1.82, 2.24) is 26.2 Å². The number of carbonyl (C=O) groups is 1. The Bertz CT molecular complexity index is 698. The summed E-state index contributed by atoms with van der Waals surface area (Å²) in [6.45, 7) is 5.30. The Morgan fingerprint density at radius 3 is 2.63 bits per heavy atom. The van der Waals surface area contributed by atoms with Crippen LogP contribution in [-0.4, -0.2) is 56.6 Å². The Morgan fingerprint density at radius 2 is 1.97 bits per heavy atom. The molecule has 0 spiro atoms. The van der Waals surface area contributed by atoms with Gasteiger partial charge in [-0.2, -0.15) is 13.2 Å². The van der Waals surface area contributed by atoms with E-state index in [1.807, 2.05) is 21.0 Å². The predicted molar refractivity (Wildman–Crippen MR) is 112 cm³/mol. The first kappa shape index (κ1) is 24.4. The molecule has 2 rings (SSSR count). The first-order valence-electron chi connectivity index (χ1n) is 10.2. The first-order chi connectivity index (χ1) is 14.0. The quantitative estimate of drug-likeness (QED) is 0.410. The lowest BCUT2D eigenvalue weighted by molar-refractivity contribution is -0.138. The van der Waals surface area contributed by atoms with Gasteiger partial charge in [0.05, 0.1) is 11.7 Å². The van der Waals surface area contributed by atoms with Gasteiger partial charge >= 0.3 is 12.2 Å². The van der Waals surface area contributed by atoms with Gasteiger partial charge in [-0.25, -0.2) is 4.79 Å².